The predicted molar refractivity (Wildman–Crippen MR) is 81.2 cm³/mol. The highest BCUT2D eigenvalue weighted by molar-refractivity contribution is 7.09. The zero-order chi connectivity index (χ0) is 13.0. The Kier molecular flexibility index (Phi) is 4.85. The molecular weight excluding hydrogens is 238 g/mol. The molecule has 0 radical (unpaired) electrons. The summed E-state index contributed by atoms with van der Waals surface area (Å²) >= 11 is 1.92. The molecule has 0 bridgehead atoms. The Morgan fingerprint density at radius 3 is 2.89 bits per heavy atom. The summed E-state index contributed by atoms with van der Waals surface area (Å²) in [6, 6.07) is 4.49. The molecule has 1 aliphatic carbocycles. The second-order valence-electron chi connectivity index (χ2n) is 6.52. The summed E-state index contributed by atoms with van der Waals surface area (Å²) in [7, 11) is 0. The van der Waals surface area contributed by atoms with Gasteiger partial charge in [0.2, 0.25) is 0 Å². The Labute approximate surface area is 116 Å². The highest BCUT2D eigenvalue weighted by atomic mass is 32.1. The lowest BCUT2D eigenvalue weighted by Crippen LogP contribution is -2.36. The van der Waals surface area contributed by atoms with Crippen LogP contribution in [0.25, 0.3) is 0 Å². The topological polar surface area (TPSA) is 12.0 Å². The minimum absolute atomic E-state index is 0.546. The summed E-state index contributed by atoms with van der Waals surface area (Å²) in [4.78, 5) is 1.57. The molecule has 2 heteroatoms. The Balaban J connectivity index is 1.99. The first kappa shape index (κ1) is 14.1. The predicted octanol–water partition coefficient (Wildman–Crippen LogP) is 4.34. The molecule has 2 unspecified atom stereocenters. The van der Waals surface area contributed by atoms with Gasteiger partial charge in [-0.05, 0) is 67.5 Å². The van der Waals surface area contributed by atoms with Crippen LogP contribution in [0.4, 0.5) is 0 Å². The van der Waals surface area contributed by atoms with E-state index in [1.54, 1.807) is 4.88 Å². The molecule has 0 amide bonds. The van der Waals surface area contributed by atoms with E-state index in [0.29, 0.717) is 5.41 Å². The lowest BCUT2D eigenvalue weighted by molar-refractivity contribution is 0.117. The maximum atomic E-state index is 3.56. The fraction of sp³-hybridized carbons (Fsp3) is 0.750. The SMILES string of the molecule is CCNCC1CCC(C)(C)CC1Cc1cccs1. The largest absolute Gasteiger partial charge is 0.317 e. The fourth-order valence-corrected chi connectivity index (χ4v) is 4.11. The van der Waals surface area contributed by atoms with Crippen LogP contribution in [-0.2, 0) is 6.42 Å². The van der Waals surface area contributed by atoms with Gasteiger partial charge in [-0.3, -0.25) is 0 Å². The standard InChI is InChI=1S/C16H27NS/c1-4-17-12-13-7-8-16(2,3)11-14(13)10-15-6-5-9-18-15/h5-6,9,13-14,17H,4,7-8,10-12H2,1-3H3. The number of nitrogens with one attached hydrogen (secondary N) is 1. The van der Waals surface area contributed by atoms with Gasteiger partial charge >= 0.3 is 0 Å². The smallest absolute Gasteiger partial charge is 0.00480 e. The van der Waals surface area contributed by atoms with E-state index < -0.39 is 0 Å². The van der Waals surface area contributed by atoms with Gasteiger partial charge in [-0.15, -0.1) is 11.3 Å². The summed E-state index contributed by atoms with van der Waals surface area (Å²) in [6.45, 7) is 9.41. The van der Waals surface area contributed by atoms with Gasteiger partial charge < -0.3 is 5.32 Å². The average Bonchev–Trinajstić information content (AvgIpc) is 2.80. The number of rotatable bonds is 5. The third kappa shape index (κ3) is 3.83. The fourth-order valence-electron chi connectivity index (χ4n) is 3.31. The Morgan fingerprint density at radius 2 is 2.22 bits per heavy atom. The molecule has 1 N–H and O–H groups in total. The van der Waals surface area contributed by atoms with Crippen molar-refractivity contribution in [1.29, 1.82) is 0 Å². The van der Waals surface area contributed by atoms with Gasteiger partial charge in [-0.2, -0.15) is 0 Å². The van der Waals surface area contributed by atoms with Crippen molar-refractivity contribution in [3.05, 3.63) is 22.4 Å². The number of thiophene rings is 1. The monoisotopic (exact) mass is 265 g/mol. The van der Waals surface area contributed by atoms with Crippen LogP contribution in [0, 0.1) is 17.3 Å². The van der Waals surface area contributed by atoms with Crippen molar-refractivity contribution in [3.8, 4) is 0 Å². The molecule has 1 fully saturated rings. The van der Waals surface area contributed by atoms with Crippen LogP contribution in [-0.4, -0.2) is 13.1 Å². The molecular formula is C16H27NS. The van der Waals surface area contributed by atoms with Crippen molar-refractivity contribution in [2.45, 2.75) is 46.5 Å². The molecule has 1 aromatic heterocycles. The van der Waals surface area contributed by atoms with Gasteiger partial charge in [0.05, 0.1) is 0 Å². The highest BCUT2D eigenvalue weighted by Crippen LogP contribution is 2.43. The van der Waals surface area contributed by atoms with Gasteiger partial charge in [0, 0.05) is 4.88 Å². The van der Waals surface area contributed by atoms with Crippen molar-refractivity contribution in [3.63, 3.8) is 0 Å². The zero-order valence-corrected chi connectivity index (χ0v) is 12.9. The van der Waals surface area contributed by atoms with Gasteiger partial charge in [0.25, 0.3) is 0 Å². The van der Waals surface area contributed by atoms with Gasteiger partial charge in [0.1, 0.15) is 0 Å². The second kappa shape index (κ2) is 6.21. The molecule has 1 nitrogen and oxygen atoms in total. The second-order valence-corrected chi connectivity index (χ2v) is 7.55. The summed E-state index contributed by atoms with van der Waals surface area (Å²) < 4.78 is 0. The number of hydrogen-bond donors (Lipinski definition) is 1. The number of hydrogen-bond acceptors (Lipinski definition) is 2. The van der Waals surface area contributed by atoms with Gasteiger partial charge in [-0.1, -0.05) is 26.8 Å². The molecule has 0 saturated heterocycles. The lowest BCUT2D eigenvalue weighted by Gasteiger charge is -2.41. The molecule has 102 valence electrons. The van der Waals surface area contributed by atoms with Crippen LogP contribution >= 0.6 is 11.3 Å². The van der Waals surface area contributed by atoms with E-state index in [4.69, 9.17) is 0 Å². The molecule has 1 saturated carbocycles. The normalized spacial score (nSPS) is 27.3. The van der Waals surface area contributed by atoms with Gasteiger partial charge in [-0.25, -0.2) is 0 Å². The van der Waals surface area contributed by atoms with Gasteiger partial charge in [0.15, 0.2) is 0 Å². The average molecular weight is 265 g/mol. The maximum Gasteiger partial charge on any atom is 0.00480 e. The Morgan fingerprint density at radius 1 is 1.39 bits per heavy atom. The summed E-state index contributed by atoms with van der Waals surface area (Å²) in [6.07, 6.45) is 5.47. The third-order valence-electron chi connectivity index (χ3n) is 4.37. The first-order chi connectivity index (χ1) is 8.61. The van der Waals surface area contributed by atoms with E-state index in [9.17, 15) is 0 Å². The van der Waals surface area contributed by atoms with E-state index in [-0.39, 0.29) is 0 Å². The van der Waals surface area contributed by atoms with Crippen molar-refractivity contribution < 1.29 is 0 Å². The minimum Gasteiger partial charge on any atom is -0.317 e. The third-order valence-corrected chi connectivity index (χ3v) is 5.27. The quantitative estimate of drug-likeness (QED) is 0.835. The Hall–Kier alpha value is -0.340. The summed E-state index contributed by atoms with van der Waals surface area (Å²) in [5, 5.41) is 5.77. The van der Waals surface area contributed by atoms with Crippen LogP contribution < -0.4 is 5.32 Å². The maximum absolute atomic E-state index is 3.56. The molecule has 18 heavy (non-hydrogen) atoms. The van der Waals surface area contributed by atoms with Crippen molar-refractivity contribution in [1.82, 2.24) is 5.32 Å². The first-order valence-corrected chi connectivity index (χ1v) is 8.22. The van der Waals surface area contributed by atoms with E-state index in [1.807, 2.05) is 11.3 Å². The van der Waals surface area contributed by atoms with Crippen LogP contribution in [0.2, 0.25) is 0 Å². The molecule has 2 atom stereocenters. The first-order valence-electron chi connectivity index (χ1n) is 7.34. The van der Waals surface area contributed by atoms with E-state index in [0.717, 1.165) is 18.4 Å². The van der Waals surface area contributed by atoms with Crippen LogP contribution in [0.15, 0.2) is 17.5 Å². The van der Waals surface area contributed by atoms with Crippen molar-refractivity contribution >= 4 is 11.3 Å². The minimum atomic E-state index is 0.546. The summed E-state index contributed by atoms with van der Waals surface area (Å²) in [5.41, 5.74) is 0.546. The van der Waals surface area contributed by atoms with E-state index in [1.165, 1.54) is 32.2 Å². The molecule has 1 aliphatic rings. The molecule has 2 rings (SSSR count). The van der Waals surface area contributed by atoms with Crippen molar-refractivity contribution in [2.75, 3.05) is 13.1 Å². The zero-order valence-electron chi connectivity index (χ0n) is 12.0. The van der Waals surface area contributed by atoms with Crippen LogP contribution in [0.5, 0.6) is 0 Å². The van der Waals surface area contributed by atoms with Crippen LogP contribution in [0.3, 0.4) is 0 Å². The molecule has 0 aromatic carbocycles. The summed E-state index contributed by atoms with van der Waals surface area (Å²) in [5.74, 6) is 1.74. The highest BCUT2D eigenvalue weighted by Gasteiger charge is 2.34. The van der Waals surface area contributed by atoms with E-state index >= 15 is 0 Å². The van der Waals surface area contributed by atoms with Crippen LogP contribution in [0.1, 0.15) is 44.9 Å². The molecule has 1 heterocycles. The molecule has 0 aliphatic heterocycles. The molecule has 1 aromatic rings. The van der Waals surface area contributed by atoms with E-state index in [2.05, 4.69) is 43.6 Å². The lowest BCUT2D eigenvalue weighted by atomic mass is 9.66. The Bertz CT molecular complexity index is 342. The molecule has 0 spiro atoms. The van der Waals surface area contributed by atoms with Crippen molar-refractivity contribution in [2.24, 2.45) is 17.3 Å².